The van der Waals surface area contributed by atoms with Gasteiger partial charge in [0.2, 0.25) is 5.95 Å². The summed E-state index contributed by atoms with van der Waals surface area (Å²) in [5.74, 6) is -0.296. The van der Waals surface area contributed by atoms with E-state index < -0.39 is 24.6 Å². The van der Waals surface area contributed by atoms with E-state index in [-0.39, 0.29) is 24.1 Å². The average molecular weight is 497 g/mol. The van der Waals surface area contributed by atoms with Crippen molar-refractivity contribution in [1.29, 1.82) is 0 Å². The molecule has 1 aliphatic carbocycles. The third-order valence-electron chi connectivity index (χ3n) is 5.81. The van der Waals surface area contributed by atoms with Gasteiger partial charge in [0.25, 0.3) is 0 Å². The van der Waals surface area contributed by atoms with Crippen molar-refractivity contribution in [1.82, 2.24) is 19.9 Å². The molecule has 3 aromatic rings. The highest BCUT2D eigenvalue weighted by Gasteiger charge is 2.47. The minimum Gasteiger partial charge on any atom is -0.388 e. The second-order valence-electron chi connectivity index (χ2n) is 8.87. The number of nitrogens with one attached hydrogen (secondary N) is 2. The SMILES string of the molecule is Cc1nc(NCC(F)(F)F)nc(N[C@@]2(O)CC[C@H](CN(C)C)[C@H]2O)c1-c1nc2ccccc2s1. The molecule has 0 saturated heterocycles. The number of aliphatic hydroxyl groups excluding tert-OH is 1. The molecule has 0 radical (unpaired) electrons. The Bertz CT molecular complexity index is 1140. The lowest BCUT2D eigenvalue weighted by Crippen LogP contribution is -2.48. The van der Waals surface area contributed by atoms with Gasteiger partial charge in [0.05, 0.1) is 21.5 Å². The monoisotopic (exact) mass is 496 g/mol. The van der Waals surface area contributed by atoms with E-state index in [0.29, 0.717) is 29.2 Å². The van der Waals surface area contributed by atoms with Crippen LogP contribution in [0.3, 0.4) is 0 Å². The molecular formula is C22H27F3N6O2S. The van der Waals surface area contributed by atoms with Gasteiger partial charge in [-0.2, -0.15) is 18.2 Å². The highest BCUT2D eigenvalue weighted by Crippen LogP contribution is 2.41. The van der Waals surface area contributed by atoms with Crippen LogP contribution >= 0.6 is 11.3 Å². The molecule has 1 saturated carbocycles. The summed E-state index contributed by atoms with van der Waals surface area (Å²) in [6.07, 6.45) is -4.72. The first kappa shape index (κ1) is 24.6. The maximum absolute atomic E-state index is 12.8. The molecule has 0 bridgehead atoms. The van der Waals surface area contributed by atoms with E-state index in [1.54, 1.807) is 6.92 Å². The van der Waals surface area contributed by atoms with Crippen LogP contribution in [-0.2, 0) is 0 Å². The number of hydrogen-bond donors (Lipinski definition) is 4. The van der Waals surface area contributed by atoms with Gasteiger partial charge in [-0.15, -0.1) is 11.3 Å². The molecule has 2 aromatic heterocycles. The van der Waals surface area contributed by atoms with Crippen LogP contribution in [0.5, 0.6) is 0 Å². The fourth-order valence-electron chi connectivity index (χ4n) is 4.26. The zero-order valence-electron chi connectivity index (χ0n) is 19.0. The Morgan fingerprint density at radius 2 is 1.94 bits per heavy atom. The molecule has 8 nitrogen and oxygen atoms in total. The number of fused-ring (bicyclic) bond motifs is 1. The Labute approximate surface area is 198 Å². The predicted molar refractivity (Wildman–Crippen MR) is 126 cm³/mol. The van der Waals surface area contributed by atoms with E-state index in [1.165, 1.54) is 11.3 Å². The first-order valence-corrected chi connectivity index (χ1v) is 11.7. The van der Waals surface area contributed by atoms with E-state index in [1.807, 2.05) is 43.3 Å². The number of alkyl halides is 3. The Morgan fingerprint density at radius 3 is 2.62 bits per heavy atom. The highest BCUT2D eigenvalue weighted by atomic mass is 32.1. The van der Waals surface area contributed by atoms with E-state index in [4.69, 9.17) is 0 Å². The van der Waals surface area contributed by atoms with Crippen molar-refractivity contribution in [3.63, 3.8) is 0 Å². The molecular weight excluding hydrogens is 469 g/mol. The van der Waals surface area contributed by atoms with Crippen LogP contribution in [0.25, 0.3) is 20.8 Å². The van der Waals surface area contributed by atoms with Crippen LogP contribution in [0.2, 0.25) is 0 Å². The summed E-state index contributed by atoms with van der Waals surface area (Å²) in [5, 5.41) is 27.9. The molecule has 1 aliphatic rings. The Hall–Kier alpha value is -2.54. The number of rotatable bonds is 7. The molecule has 34 heavy (non-hydrogen) atoms. The first-order valence-electron chi connectivity index (χ1n) is 10.8. The fraction of sp³-hybridized carbons (Fsp3) is 0.500. The molecule has 2 heterocycles. The largest absolute Gasteiger partial charge is 0.405 e. The minimum atomic E-state index is -4.45. The van der Waals surface area contributed by atoms with Crippen LogP contribution < -0.4 is 10.6 Å². The molecule has 1 fully saturated rings. The van der Waals surface area contributed by atoms with Crippen molar-refractivity contribution < 1.29 is 23.4 Å². The maximum Gasteiger partial charge on any atom is 0.405 e. The molecule has 0 unspecified atom stereocenters. The average Bonchev–Trinajstić information content (AvgIpc) is 3.28. The fourth-order valence-corrected chi connectivity index (χ4v) is 5.32. The molecule has 184 valence electrons. The summed E-state index contributed by atoms with van der Waals surface area (Å²) in [7, 11) is 3.77. The molecule has 3 atom stereocenters. The second-order valence-corrected chi connectivity index (χ2v) is 9.90. The topological polar surface area (TPSA) is 106 Å². The first-order chi connectivity index (χ1) is 15.9. The summed E-state index contributed by atoms with van der Waals surface area (Å²) >= 11 is 1.39. The molecule has 0 spiro atoms. The van der Waals surface area contributed by atoms with Gasteiger partial charge in [0, 0.05) is 12.5 Å². The lowest BCUT2D eigenvalue weighted by atomic mass is 10.0. The zero-order chi connectivity index (χ0) is 24.7. The van der Waals surface area contributed by atoms with Crippen molar-refractivity contribution in [3.05, 3.63) is 30.0 Å². The van der Waals surface area contributed by atoms with Gasteiger partial charge in [-0.05, 0) is 46.0 Å². The van der Waals surface area contributed by atoms with Crippen molar-refractivity contribution in [3.8, 4) is 10.6 Å². The van der Waals surface area contributed by atoms with E-state index >= 15 is 0 Å². The molecule has 4 rings (SSSR count). The van der Waals surface area contributed by atoms with Crippen molar-refractivity contribution in [2.45, 2.75) is 37.8 Å². The number of anilines is 2. The molecule has 0 aliphatic heterocycles. The van der Waals surface area contributed by atoms with Crippen LogP contribution in [-0.4, -0.2) is 75.3 Å². The van der Waals surface area contributed by atoms with Crippen molar-refractivity contribution >= 4 is 33.3 Å². The van der Waals surface area contributed by atoms with E-state index in [0.717, 1.165) is 10.2 Å². The maximum atomic E-state index is 12.8. The molecule has 4 N–H and O–H groups in total. The van der Waals surface area contributed by atoms with Crippen LogP contribution in [0, 0.1) is 12.8 Å². The van der Waals surface area contributed by atoms with Gasteiger partial charge in [-0.3, -0.25) is 0 Å². The van der Waals surface area contributed by atoms with E-state index in [2.05, 4.69) is 25.6 Å². The summed E-state index contributed by atoms with van der Waals surface area (Å²) < 4.78 is 39.2. The highest BCUT2D eigenvalue weighted by molar-refractivity contribution is 7.21. The van der Waals surface area contributed by atoms with Crippen LogP contribution in [0.1, 0.15) is 18.5 Å². The molecule has 12 heteroatoms. The summed E-state index contributed by atoms with van der Waals surface area (Å²) in [6.45, 7) is 0.929. The minimum absolute atomic E-state index is 0.114. The lowest BCUT2D eigenvalue weighted by molar-refractivity contribution is -0.115. The number of aliphatic hydroxyl groups is 2. The quantitative estimate of drug-likeness (QED) is 0.369. The summed E-state index contributed by atoms with van der Waals surface area (Å²) in [6, 6.07) is 7.53. The number of para-hydroxylation sites is 1. The number of hydrogen-bond acceptors (Lipinski definition) is 9. The number of benzene rings is 1. The second kappa shape index (κ2) is 9.25. The lowest BCUT2D eigenvalue weighted by Gasteiger charge is -2.32. The van der Waals surface area contributed by atoms with Crippen LogP contribution in [0.15, 0.2) is 24.3 Å². The van der Waals surface area contributed by atoms with Gasteiger partial charge in [-0.25, -0.2) is 9.97 Å². The number of nitrogens with zero attached hydrogens (tertiary/aromatic N) is 4. The third-order valence-corrected chi connectivity index (χ3v) is 6.87. The zero-order valence-corrected chi connectivity index (χ0v) is 19.8. The molecule has 0 amide bonds. The van der Waals surface area contributed by atoms with Gasteiger partial charge >= 0.3 is 6.18 Å². The standard InChI is InChI=1S/C22H27F3N6O2S/c1-12-16(19-28-14-6-4-5-7-15(14)34-19)18(29-20(27-12)26-11-22(23,24)25)30-21(33)9-8-13(17(21)32)10-31(2)3/h4-7,13,17,32-33H,8-11H2,1-3H3,(H2,26,27,29,30)/t13-,17-,21-/m1/s1. The molecule has 1 aromatic carbocycles. The van der Waals surface area contributed by atoms with E-state index in [9.17, 15) is 23.4 Å². The third kappa shape index (κ3) is 5.24. The van der Waals surface area contributed by atoms with Gasteiger partial charge in [0.15, 0.2) is 5.72 Å². The van der Waals surface area contributed by atoms with Crippen LogP contribution in [0.4, 0.5) is 24.9 Å². The number of aryl methyl sites for hydroxylation is 1. The van der Waals surface area contributed by atoms with Gasteiger partial charge < -0.3 is 25.7 Å². The number of thiazole rings is 1. The van der Waals surface area contributed by atoms with Gasteiger partial charge in [0.1, 0.15) is 23.5 Å². The summed E-state index contributed by atoms with van der Waals surface area (Å²) in [4.78, 5) is 15.0. The Balaban J connectivity index is 1.74. The smallest absolute Gasteiger partial charge is 0.388 e. The predicted octanol–water partition coefficient (Wildman–Crippen LogP) is 3.47. The van der Waals surface area contributed by atoms with Gasteiger partial charge in [-0.1, -0.05) is 12.1 Å². The summed E-state index contributed by atoms with van der Waals surface area (Å²) in [5.41, 5.74) is -0.0795. The van der Waals surface area contributed by atoms with Crippen molar-refractivity contribution in [2.24, 2.45) is 5.92 Å². The number of aromatic nitrogens is 3. The van der Waals surface area contributed by atoms with Crippen molar-refractivity contribution in [2.75, 3.05) is 37.8 Å². The number of halogens is 3. The Morgan fingerprint density at radius 1 is 1.21 bits per heavy atom. The Kier molecular flexibility index (Phi) is 6.69. The normalized spacial score (nSPS) is 23.1.